The zero-order valence-electron chi connectivity index (χ0n) is 18.0. The molecule has 0 atom stereocenters. The number of nitrogens with zero attached hydrogens (tertiary/aromatic N) is 2. The van der Waals surface area contributed by atoms with Gasteiger partial charge >= 0.3 is 11.9 Å². The summed E-state index contributed by atoms with van der Waals surface area (Å²) < 4.78 is 22.5. The van der Waals surface area contributed by atoms with Crippen LogP contribution >= 0.6 is 11.3 Å². The summed E-state index contributed by atoms with van der Waals surface area (Å²) in [6, 6.07) is 9.66. The SMILES string of the molecule is CCOC(=O)Cn1c(=NC(=O)c2ccc(OC)cc2OC)sc2cc(C(=O)OC)ccc21. The summed E-state index contributed by atoms with van der Waals surface area (Å²) in [4.78, 5) is 41.6. The summed E-state index contributed by atoms with van der Waals surface area (Å²) in [7, 11) is 4.25. The number of amides is 1. The first kappa shape index (κ1) is 23.0. The topological polar surface area (TPSA) is 105 Å². The molecule has 0 aliphatic rings. The summed E-state index contributed by atoms with van der Waals surface area (Å²) in [5.41, 5.74) is 1.21. The number of thiazole rings is 1. The van der Waals surface area contributed by atoms with Gasteiger partial charge in [0, 0.05) is 6.07 Å². The molecule has 9 nitrogen and oxygen atoms in total. The monoisotopic (exact) mass is 458 g/mol. The molecule has 10 heteroatoms. The van der Waals surface area contributed by atoms with Gasteiger partial charge in [-0.15, -0.1) is 0 Å². The number of methoxy groups -OCH3 is 3. The lowest BCUT2D eigenvalue weighted by Crippen LogP contribution is -2.23. The normalized spacial score (nSPS) is 11.3. The molecule has 0 spiro atoms. The summed E-state index contributed by atoms with van der Waals surface area (Å²) in [5, 5.41) is 0. The minimum absolute atomic E-state index is 0.142. The maximum atomic E-state index is 13.0. The third kappa shape index (κ3) is 4.80. The number of rotatable bonds is 7. The fourth-order valence-corrected chi connectivity index (χ4v) is 4.08. The first-order chi connectivity index (χ1) is 15.4. The van der Waals surface area contributed by atoms with Crippen LogP contribution in [0.3, 0.4) is 0 Å². The highest BCUT2D eigenvalue weighted by molar-refractivity contribution is 7.16. The molecule has 1 heterocycles. The third-order valence-electron chi connectivity index (χ3n) is 4.53. The van der Waals surface area contributed by atoms with Crippen LogP contribution in [0, 0.1) is 0 Å². The van der Waals surface area contributed by atoms with Crippen molar-refractivity contribution in [1.29, 1.82) is 0 Å². The van der Waals surface area contributed by atoms with Crippen molar-refractivity contribution in [3.05, 3.63) is 52.3 Å². The number of hydrogen-bond donors (Lipinski definition) is 0. The molecular formula is C22H22N2O7S. The van der Waals surface area contributed by atoms with Crippen molar-refractivity contribution >= 4 is 39.4 Å². The summed E-state index contributed by atoms with van der Waals surface area (Å²) >= 11 is 1.16. The lowest BCUT2D eigenvalue weighted by Gasteiger charge is -2.08. The fraction of sp³-hybridized carbons (Fsp3) is 0.273. The Kier molecular flexibility index (Phi) is 7.26. The minimum atomic E-state index is -0.554. The number of aromatic nitrogens is 1. The van der Waals surface area contributed by atoms with Crippen LogP contribution in [-0.2, 0) is 20.8 Å². The first-order valence-corrected chi connectivity index (χ1v) is 10.4. The van der Waals surface area contributed by atoms with E-state index >= 15 is 0 Å². The molecule has 0 saturated heterocycles. The quantitative estimate of drug-likeness (QED) is 0.501. The van der Waals surface area contributed by atoms with Gasteiger partial charge in [-0.3, -0.25) is 9.59 Å². The lowest BCUT2D eigenvalue weighted by atomic mass is 10.2. The third-order valence-corrected chi connectivity index (χ3v) is 5.57. The van der Waals surface area contributed by atoms with Gasteiger partial charge in [0.25, 0.3) is 5.91 Å². The molecule has 0 aliphatic carbocycles. The smallest absolute Gasteiger partial charge is 0.337 e. The van der Waals surface area contributed by atoms with Gasteiger partial charge in [-0.05, 0) is 37.3 Å². The summed E-state index contributed by atoms with van der Waals surface area (Å²) in [5.74, 6) is -0.672. The lowest BCUT2D eigenvalue weighted by molar-refractivity contribution is -0.143. The predicted molar refractivity (Wildman–Crippen MR) is 117 cm³/mol. The summed E-state index contributed by atoms with van der Waals surface area (Å²) in [6.45, 7) is 1.79. The van der Waals surface area contributed by atoms with Crippen molar-refractivity contribution in [3.63, 3.8) is 0 Å². The van der Waals surface area contributed by atoms with E-state index in [2.05, 4.69) is 4.99 Å². The van der Waals surface area contributed by atoms with E-state index in [1.165, 1.54) is 21.3 Å². The number of hydrogen-bond acceptors (Lipinski definition) is 8. The molecule has 0 radical (unpaired) electrons. The zero-order valence-corrected chi connectivity index (χ0v) is 18.9. The van der Waals surface area contributed by atoms with Gasteiger partial charge < -0.3 is 23.5 Å². The average Bonchev–Trinajstić information content (AvgIpc) is 3.13. The number of carbonyl (C=O) groups is 3. The molecule has 1 aromatic heterocycles. The van der Waals surface area contributed by atoms with Crippen LogP contribution in [0.1, 0.15) is 27.6 Å². The van der Waals surface area contributed by atoms with Gasteiger partial charge in [-0.1, -0.05) is 11.3 Å². The molecular weight excluding hydrogens is 436 g/mol. The second kappa shape index (κ2) is 10.1. The van der Waals surface area contributed by atoms with Crippen LogP contribution in [0.2, 0.25) is 0 Å². The Balaban J connectivity index is 2.14. The van der Waals surface area contributed by atoms with Crippen molar-refractivity contribution in [1.82, 2.24) is 4.57 Å². The number of ether oxygens (including phenoxy) is 4. The Morgan fingerprint density at radius 1 is 1.03 bits per heavy atom. The molecule has 3 rings (SSSR count). The molecule has 0 N–H and O–H groups in total. The van der Waals surface area contributed by atoms with Crippen LogP contribution in [0.15, 0.2) is 41.4 Å². The van der Waals surface area contributed by atoms with Gasteiger partial charge in [0.1, 0.15) is 18.0 Å². The number of fused-ring (bicyclic) bond motifs is 1. The van der Waals surface area contributed by atoms with Crippen LogP contribution in [0.25, 0.3) is 10.2 Å². The fourth-order valence-electron chi connectivity index (χ4n) is 3.01. The van der Waals surface area contributed by atoms with Crippen LogP contribution in [0.4, 0.5) is 0 Å². The van der Waals surface area contributed by atoms with Crippen molar-refractivity contribution < 1.29 is 33.3 Å². The molecule has 32 heavy (non-hydrogen) atoms. The van der Waals surface area contributed by atoms with Gasteiger partial charge in [0.15, 0.2) is 4.80 Å². The van der Waals surface area contributed by atoms with Crippen molar-refractivity contribution in [2.75, 3.05) is 27.9 Å². The second-order valence-corrected chi connectivity index (χ2v) is 7.44. The van der Waals surface area contributed by atoms with E-state index in [0.29, 0.717) is 27.3 Å². The Bertz CT molecular complexity index is 1240. The minimum Gasteiger partial charge on any atom is -0.497 e. The molecule has 168 valence electrons. The molecule has 0 saturated carbocycles. The van der Waals surface area contributed by atoms with Crippen molar-refractivity contribution in [3.8, 4) is 11.5 Å². The molecule has 0 fully saturated rings. The Morgan fingerprint density at radius 3 is 2.47 bits per heavy atom. The first-order valence-electron chi connectivity index (χ1n) is 9.60. The van der Waals surface area contributed by atoms with E-state index in [4.69, 9.17) is 18.9 Å². The highest BCUT2D eigenvalue weighted by Gasteiger charge is 2.17. The molecule has 0 aliphatic heterocycles. The number of carbonyl (C=O) groups excluding carboxylic acids is 3. The van der Waals surface area contributed by atoms with E-state index in [0.717, 1.165) is 11.3 Å². The molecule has 1 amide bonds. The molecule has 0 bridgehead atoms. The Labute approximate surface area is 187 Å². The predicted octanol–water partition coefficient (Wildman–Crippen LogP) is 2.81. The van der Waals surface area contributed by atoms with Gasteiger partial charge in [-0.2, -0.15) is 4.99 Å². The van der Waals surface area contributed by atoms with Crippen LogP contribution in [-0.4, -0.2) is 50.3 Å². The molecule has 0 unspecified atom stereocenters. The standard InChI is InChI=1S/C22H22N2O7S/c1-5-31-19(25)12-24-16-9-6-13(21(27)30-4)10-18(16)32-22(24)23-20(26)15-8-7-14(28-2)11-17(15)29-3/h6-11H,5,12H2,1-4H3. The largest absolute Gasteiger partial charge is 0.497 e. The summed E-state index contributed by atoms with van der Waals surface area (Å²) in [6.07, 6.45) is 0. The highest BCUT2D eigenvalue weighted by atomic mass is 32.1. The van der Waals surface area contributed by atoms with Gasteiger partial charge in [0.2, 0.25) is 0 Å². The Morgan fingerprint density at radius 2 is 1.81 bits per heavy atom. The number of benzene rings is 2. The van der Waals surface area contributed by atoms with E-state index in [-0.39, 0.29) is 23.5 Å². The average molecular weight is 458 g/mol. The van der Waals surface area contributed by atoms with Crippen molar-refractivity contribution in [2.24, 2.45) is 4.99 Å². The van der Waals surface area contributed by atoms with Gasteiger partial charge in [0.05, 0.1) is 49.3 Å². The van der Waals surface area contributed by atoms with Gasteiger partial charge in [-0.25, -0.2) is 4.79 Å². The van der Waals surface area contributed by atoms with Crippen molar-refractivity contribution in [2.45, 2.75) is 13.5 Å². The molecule has 2 aromatic carbocycles. The van der Waals surface area contributed by atoms with Crippen LogP contribution in [0.5, 0.6) is 11.5 Å². The zero-order chi connectivity index (χ0) is 23.3. The van der Waals surface area contributed by atoms with E-state index in [1.807, 2.05) is 0 Å². The maximum absolute atomic E-state index is 13.0. The molecule has 3 aromatic rings. The van der Waals surface area contributed by atoms with Crippen LogP contribution < -0.4 is 14.3 Å². The second-order valence-electron chi connectivity index (χ2n) is 6.43. The number of esters is 2. The van der Waals surface area contributed by atoms with E-state index in [9.17, 15) is 14.4 Å². The van der Waals surface area contributed by atoms with E-state index in [1.54, 1.807) is 47.9 Å². The Hall–Kier alpha value is -3.66. The highest BCUT2D eigenvalue weighted by Crippen LogP contribution is 2.25. The maximum Gasteiger partial charge on any atom is 0.337 e. The van der Waals surface area contributed by atoms with E-state index < -0.39 is 17.8 Å².